The van der Waals surface area contributed by atoms with Crippen LogP contribution >= 0.6 is 0 Å². The molecule has 0 amide bonds. The lowest BCUT2D eigenvalue weighted by atomic mass is 10.1. The first-order chi connectivity index (χ1) is 7.86. The Hall–Kier alpha value is -1.65. The molecule has 16 heavy (non-hydrogen) atoms. The minimum Gasteiger partial charge on any atom is -0.387 e. The highest BCUT2D eigenvalue weighted by Gasteiger charge is 2.05. The number of aromatic nitrogens is 2. The average molecular weight is 217 g/mol. The summed E-state index contributed by atoms with van der Waals surface area (Å²) in [6.45, 7) is 1.29. The maximum absolute atomic E-state index is 9.85. The number of nitrogens with zero attached hydrogens (tertiary/aromatic N) is 1. The standard InChI is InChI=1S/C12H15N3O/c16-12(11-2-5-13-6-3-11)9-15-8-10-1-4-14-7-10/h1-7,12,14-16H,8-9H2. The fourth-order valence-corrected chi connectivity index (χ4v) is 1.53. The van der Waals surface area contributed by atoms with Crippen LogP contribution < -0.4 is 5.32 Å². The summed E-state index contributed by atoms with van der Waals surface area (Å²) in [4.78, 5) is 6.90. The number of aliphatic hydroxyl groups excluding tert-OH is 1. The Morgan fingerprint density at radius 2 is 2.12 bits per heavy atom. The van der Waals surface area contributed by atoms with Gasteiger partial charge in [0.25, 0.3) is 0 Å². The summed E-state index contributed by atoms with van der Waals surface area (Å²) in [5.74, 6) is 0. The Bertz CT molecular complexity index is 399. The van der Waals surface area contributed by atoms with Crippen molar-refractivity contribution in [1.82, 2.24) is 15.3 Å². The van der Waals surface area contributed by atoms with Gasteiger partial charge in [-0.1, -0.05) is 0 Å². The molecule has 0 radical (unpaired) electrons. The van der Waals surface area contributed by atoms with Gasteiger partial charge in [0, 0.05) is 37.9 Å². The molecular formula is C12H15N3O. The van der Waals surface area contributed by atoms with Crippen LogP contribution in [0.5, 0.6) is 0 Å². The third-order valence-corrected chi connectivity index (χ3v) is 2.42. The molecule has 0 spiro atoms. The van der Waals surface area contributed by atoms with Crippen molar-refractivity contribution in [2.75, 3.05) is 6.54 Å². The van der Waals surface area contributed by atoms with Crippen molar-refractivity contribution < 1.29 is 5.11 Å². The van der Waals surface area contributed by atoms with Gasteiger partial charge in [0.15, 0.2) is 0 Å². The van der Waals surface area contributed by atoms with Gasteiger partial charge in [0.1, 0.15) is 0 Å². The zero-order chi connectivity index (χ0) is 11.2. The number of rotatable bonds is 5. The predicted molar refractivity (Wildman–Crippen MR) is 61.7 cm³/mol. The van der Waals surface area contributed by atoms with E-state index in [1.165, 1.54) is 5.56 Å². The quantitative estimate of drug-likeness (QED) is 0.706. The third-order valence-electron chi connectivity index (χ3n) is 2.42. The van der Waals surface area contributed by atoms with Crippen LogP contribution in [-0.2, 0) is 6.54 Å². The van der Waals surface area contributed by atoms with E-state index in [9.17, 15) is 5.11 Å². The second-order valence-corrected chi connectivity index (χ2v) is 3.65. The molecule has 84 valence electrons. The summed E-state index contributed by atoms with van der Waals surface area (Å²) < 4.78 is 0. The van der Waals surface area contributed by atoms with Gasteiger partial charge in [-0.05, 0) is 29.3 Å². The molecule has 1 unspecified atom stereocenters. The monoisotopic (exact) mass is 217 g/mol. The molecule has 0 bridgehead atoms. The van der Waals surface area contributed by atoms with Crippen molar-refractivity contribution in [1.29, 1.82) is 0 Å². The minimum absolute atomic E-state index is 0.484. The summed E-state index contributed by atoms with van der Waals surface area (Å²) in [6, 6.07) is 5.65. The van der Waals surface area contributed by atoms with Gasteiger partial charge in [-0.3, -0.25) is 4.98 Å². The zero-order valence-corrected chi connectivity index (χ0v) is 8.93. The fraction of sp³-hybridized carbons (Fsp3) is 0.250. The lowest BCUT2D eigenvalue weighted by Crippen LogP contribution is -2.20. The summed E-state index contributed by atoms with van der Waals surface area (Å²) in [5, 5.41) is 13.0. The number of H-pyrrole nitrogens is 1. The highest BCUT2D eigenvalue weighted by atomic mass is 16.3. The Balaban J connectivity index is 1.78. The van der Waals surface area contributed by atoms with Gasteiger partial charge in [0.05, 0.1) is 6.10 Å². The minimum atomic E-state index is -0.484. The molecule has 0 aromatic carbocycles. The molecule has 4 nitrogen and oxygen atoms in total. The van der Waals surface area contributed by atoms with E-state index >= 15 is 0 Å². The van der Waals surface area contributed by atoms with E-state index in [1.54, 1.807) is 12.4 Å². The second-order valence-electron chi connectivity index (χ2n) is 3.65. The van der Waals surface area contributed by atoms with Crippen LogP contribution in [0.25, 0.3) is 0 Å². The van der Waals surface area contributed by atoms with Gasteiger partial charge < -0.3 is 15.4 Å². The van der Waals surface area contributed by atoms with Gasteiger partial charge in [-0.25, -0.2) is 0 Å². The van der Waals surface area contributed by atoms with E-state index in [0.717, 1.165) is 12.1 Å². The molecule has 2 heterocycles. The van der Waals surface area contributed by atoms with Crippen molar-refractivity contribution in [2.45, 2.75) is 12.6 Å². The molecule has 0 saturated carbocycles. The van der Waals surface area contributed by atoms with Gasteiger partial charge >= 0.3 is 0 Å². The summed E-state index contributed by atoms with van der Waals surface area (Å²) in [6.07, 6.45) is 6.71. The normalized spacial score (nSPS) is 12.6. The summed E-state index contributed by atoms with van der Waals surface area (Å²) in [5.41, 5.74) is 2.07. The van der Waals surface area contributed by atoms with Crippen LogP contribution in [0.3, 0.4) is 0 Å². The topological polar surface area (TPSA) is 60.9 Å². The van der Waals surface area contributed by atoms with Crippen molar-refractivity contribution in [3.05, 3.63) is 54.1 Å². The Morgan fingerprint density at radius 1 is 1.31 bits per heavy atom. The Kier molecular flexibility index (Phi) is 3.69. The number of aromatic amines is 1. The second kappa shape index (κ2) is 5.44. The maximum Gasteiger partial charge on any atom is 0.0915 e. The number of aliphatic hydroxyl groups is 1. The zero-order valence-electron chi connectivity index (χ0n) is 8.93. The molecule has 0 saturated heterocycles. The number of pyridine rings is 1. The van der Waals surface area contributed by atoms with Crippen molar-refractivity contribution in [3.8, 4) is 0 Å². The van der Waals surface area contributed by atoms with Gasteiger partial charge in [0.2, 0.25) is 0 Å². The van der Waals surface area contributed by atoms with Crippen molar-refractivity contribution in [3.63, 3.8) is 0 Å². The molecule has 4 heteroatoms. The number of hydrogen-bond acceptors (Lipinski definition) is 3. The molecule has 0 aliphatic carbocycles. The lowest BCUT2D eigenvalue weighted by Gasteiger charge is -2.11. The van der Waals surface area contributed by atoms with Crippen molar-refractivity contribution >= 4 is 0 Å². The predicted octanol–water partition coefficient (Wildman–Crippen LogP) is 1.23. The maximum atomic E-state index is 9.85. The molecular weight excluding hydrogens is 202 g/mol. The first kappa shape index (κ1) is 10.9. The molecule has 0 aliphatic heterocycles. The summed E-state index contributed by atoms with van der Waals surface area (Å²) in [7, 11) is 0. The van der Waals surface area contributed by atoms with E-state index in [1.807, 2.05) is 30.6 Å². The first-order valence-corrected chi connectivity index (χ1v) is 5.26. The van der Waals surface area contributed by atoms with Crippen LogP contribution in [0.15, 0.2) is 43.0 Å². The van der Waals surface area contributed by atoms with Crippen LogP contribution in [0.1, 0.15) is 17.2 Å². The van der Waals surface area contributed by atoms with E-state index in [4.69, 9.17) is 0 Å². The molecule has 3 N–H and O–H groups in total. The van der Waals surface area contributed by atoms with E-state index in [-0.39, 0.29) is 0 Å². The average Bonchev–Trinajstić information content (AvgIpc) is 2.83. The Morgan fingerprint density at radius 3 is 2.81 bits per heavy atom. The molecule has 1 atom stereocenters. The molecule has 0 fully saturated rings. The fourth-order valence-electron chi connectivity index (χ4n) is 1.53. The van der Waals surface area contributed by atoms with Crippen molar-refractivity contribution in [2.24, 2.45) is 0 Å². The number of nitrogens with one attached hydrogen (secondary N) is 2. The number of hydrogen-bond donors (Lipinski definition) is 3. The smallest absolute Gasteiger partial charge is 0.0915 e. The highest BCUT2D eigenvalue weighted by molar-refractivity contribution is 5.13. The largest absolute Gasteiger partial charge is 0.387 e. The van der Waals surface area contributed by atoms with Gasteiger partial charge in [-0.15, -0.1) is 0 Å². The van der Waals surface area contributed by atoms with Gasteiger partial charge in [-0.2, -0.15) is 0 Å². The Labute approximate surface area is 94.4 Å². The molecule has 2 aromatic heterocycles. The first-order valence-electron chi connectivity index (χ1n) is 5.26. The lowest BCUT2D eigenvalue weighted by molar-refractivity contribution is 0.174. The molecule has 2 aromatic rings. The van der Waals surface area contributed by atoms with E-state index < -0.39 is 6.10 Å². The SMILES string of the molecule is OC(CNCc1cc[nH]c1)c1ccncc1. The third kappa shape index (κ3) is 2.92. The van der Waals surface area contributed by atoms with Crippen LogP contribution in [0, 0.1) is 0 Å². The molecule has 2 rings (SSSR count). The summed E-state index contributed by atoms with van der Waals surface area (Å²) >= 11 is 0. The molecule has 0 aliphatic rings. The van der Waals surface area contributed by atoms with E-state index in [0.29, 0.717) is 6.54 Å². The van der Waals surface area contributed by atoms with E-state index in [2.05, 4.69) is 15.3 Å². The highest BCUT2D eigenvalue weighted by Crippen LogP contribution is 2.09. The van der Waals surface area contributed by atoms with Crippen LogP contribution in [-0.4, -0.2) is 21.6 Å². The van der Waals surface area contributed by atoms with Crippen LogP contribution in [0.4, 0.5) is 0 Å². The van der Waals surface area contributed by atoms with Crippen LogP contribution in [0.2, 0.25) is 0 Å².